The minimum absolute atomic E-state index is 0.129. The molecule has 0 spiro atoms. The molecule has 0 heterocycles. The van der Waals surface area contributed by atoms with Gasteiger partial charge in [-0.15, -0.1) is 0 Å². The third-order valence-corrected chi connectivity index (χ3v) is 5.66. The van der Waals surface area contributed by atoms with Gasteiger partial charge >= 0.3 is 80.6 Å². The van der Waals surface area contributed by atoms with Gasteiger partial charge in [0.1, 0.15) is 0 Å². The Morgan fingerprint density at radius 3 is 2.64 bits per heavy atom. The first-order chi connectivity index (χ1) is 5.13. The molecule has 0 unspecified atom stereocenters. The third kappa shape index (κ3) is 10.4. The van der Waals surface area contributed by atoms with Crippen LogP contribution in [-0.2, 0) is 37.2 Å². The average Bonchev–Trinajstić information content (AvgIpc) is 1.85. The molecule has 0 amide bonds. The zero-order chi connectivity index (χ0) is 8.69. The molecule has 3 nitrogen and oxygen atoms in total. The summed E-state index contributed by atoms with van der Waals surface area (Å²) in [4.78, 5) is 10.3. The van der Waals surface area contributed by atoms with E-state index < -0.39 is 25.0 Å². The summed E-state index contributed by atoms with van der Waals surface area (Å²) < 4.78 is 11.2. The maximum absolute atomic E-state index is 10.3. The summed E-state index contributed by atoms with van der Waals surface area (Å²) in [7, 11) is 0. The molecular formula is C7H14HgO3. The van der Waals surface area contributed by atoms with E-state index in [2.05, 4.69) is 0 Å². The van der Waals surface area contributed by atoms with Gasteiger partial charge in [-0.2, -0.15) is 0 Å². The topological polar surface area (TPSA) is 35.5 Å². The van der Waals surface area contributed by atoms with E-state index in [-0.39, 0.29) is 5.97 Å². The van der Waals surface area contributed by atoms with Gasteiger partial charge in [0.2, 0.25) is 0 Å². The first-order valence-corrected chi connectivity index (χ1v) is 10.0. The molecule has 0 atom stereocenters. The molecule has 0 radical (unpaired) electrons. The van der Waals surface area contributed by atoms with Crippen LogP contribution in [0.4, 0.5) is 0 Å². The Hall–Kier alpha value is 0.365. The number of rotatable bonds is 5. The van der Waals surface area contributed by atoms with Crippen molar-refractivity contribution in [3.05, 3.63) is 0 Å². The number of hydrogen-bond acceptors (Lipinski definition) is 3. The molecule has 0 bridgehead atoms. The van der Waals surface area contributed by atoms with Crippen molar-refractivity contribution < 1.29 is 37.2 Å². The fraction of sp³-hybridized carbons (Fsp3) is 0.857. The summed E-state index contributed by atoms with van der Waals surface area (Å²) in [5.74, 6) is -0.129. The number of hydrogen-bond donors (Lipinski definition) is 0. The monoisotopic (exact) mass is 348 g/mol. The van der Waals surface area contributed by atoms with Crippen molar-refractivity contribution in [1.29, 1.82) is 0 Å². The summed E-state index contributed by atoms with van der Waals surface area (Å²) in [5, 5.41) is 0. The van der Waals surface area contributed by atoms with Crippen molar-refractivity contribution in [1.82, 2.24) is 0 Å². The molecule has 0 aromatic carbocycles. The molecule has 62 valence electrons. The quantitative estimate of drug-likeness (QED) is 0.557. The zero-order valence-electron chi connectivity index (χ0n) is 7.42. The van der Waals surface area contributed by atoms with Gasteiger partial charge in [-0.05, 0) is 0 Å². The van der Waals surface area contributed by atoms with E-state index in [1.165, 1.54) is 6.92 Å². The van der Waals surface area contributed by atoms with Gasteiger partial charge in [-0.1, -0.05) is 0 Å². The molecule has 0 aliphatic rings. The van der Waals surface area contributed by atoms with E-state index in [1.807, 2.05) is 13.8 Å². The van der Waals surface area contributed by atoms with Gasteiger partial charge < -0.3 is 0 Å². The van der Waals surface area contributed by atoms with Crippen molar-refractivity contribution in [2.75, 3.05) is 6.61 Å². The van der Waals surface area contributed by atoms with Gasteiger partial charge in [-0.25, -0.2) is 0 Å². The number of carbonyl (C=O) groups is 1. The molecule has 0 aliphatic heterocycles. The van der Waals surface area contributed by atoms with Crippen LogP contribution in [0.2, 0.25) is 3.93 Å². The van der Waals surface area contributed by atoms with Crippen LogP contribution in [0.25, 0.3) is 0 Å². The van der Waals surface area contributed by atoms with Crippen LogP contribution in [0.1, 0.15) is 20.8 Å². The van der Waals surface area contributed by atoms with Crippen molar-refractivity contribution in [2.45, 2.75) is 30.8 Å². The Labute approximate surface area is 80.5 Å². The molecule has 4 heteroatoms. The molecular weight excluding hydrogens is 333 g/mol. The van der Waals surface area contributed by atoms with Crippen LogP contribution < -0.4 is 0 Å². The van der Waals surface area contributed by atoms with Crippen LogP contribution in [0.3, 0.4) is 0 Å². The van der Waals surface area contributed by atoms with Crippen molar-refractivity contribution in [2.24, 2.45) is 0 Å². The summed E-state index contributed by atoms with van der Waals surface area (Å²) in [6, 6.07) is 0. The molecule has 0 saturated carbocycles. The second-order valence-corrected chi connectivity index (χ2v) is 8.07. The molecule has 0 aromatic rings. The minimum atomic E-state index is -1.32. The molecule has 0 N–H and O–H groups in total. The Kier molecular flexibility index (Phi) is 7.27. The summed E-state index contributed by atoms with van der Waals surface area (Å²) in [6.07, 6.45) is 0.292. The Bertz CT molecular complexity index is 114. The number of ether oxygens (including phenoxy) is 1. The molecule has 0 aliphatic carbocycles. The molecule has 0 rings (SSSR count). The summed E-state index contributed by atoms with van der Waals surface area (Å²) in [5.41, 5.74) is 0. The first-order valence-electron chi connectivity index (χ1n) is 3.88. The van der Waals surface area contributed by atoms with Gasteiger partial charge in [0.25, 0.3) is 0 Å². The van der Waals surface area contributed by atoms with Crippen LogP contribution in [0.15, 0.2) is 0 Å². The maximum atomic E-state index is 10.3. The second kappa shape index (κ2) is 7.04. The second-order valence-electron chi connectivity index (χ2n) is 2.61. The molecule has 0 fully saturated rings. The van der Waals surface area contributed by atoms with Crippen LogP contribution in [0, 0.1) is 0 Å². The Balaban J connectivity index is 2.97. The van der Waals surface area contributed by atoms with Gasteiger partial charge in [0.15, 0.2) is 0 Å². The molecule has 11 heavy (non-hydrogen) atoms. The average molecular weight is 347 g/mol. The van der Waals surface area contributed by atoms with E-state index in [0.29, 0.717) is 6.10 Å². The summed E-state index contributed by atoms with van der Waals surface area (Å²) in [6.45, 7) is 6.22. The SMILES string of the molecule is CC(=O)[O][Hg][CH2]COC(C)C. The van der Waals surface area contributed by atoms with Crippen LogP contribution >= 0.6 is 0 Å². The molecule has 0 saturated heterocycles. The van der Waals surface area contributed by atoms with Crippen molar-refractivity contribution in [3.8, 4) is 0 Å². The van der Waals surface area contributed by atoms with E-state index in [9.17, 15) is 4.79 Å². The van der Waals surface area contributed by atoms with Gasteiger partial charge in [0.05, 0.1) is 0 Å². The standard InChI is InChI=1S/C5H11O.C2H4O2.Hg/c1-4-6-5(2)3;1-2(3)4;/h5H,1,4H2,2-3H3;1H3,(H,3,4);/q;;+1/p-1. The fourth-order valence-electron chi connectivity index (χ4n) is 0.594. The van der Waals surface area contributed by atoms with Gasteiger partial charge in [0, 0.05) is 0 Å². The van der Waals surface area contributed by atoms with E-state index in [0.717, 1.165) is 10.5 Å². The predicted octanol–water partition coefficient (Wildman–Crippen LogP) is 1.39. The normalized spacial score (nSPS) is 9.45. The third-order valence-electron chi connectivity index (χ3n) is 1.05. The zero-order valence-corrected chi connectivity index (χ0v) is 12.9. The van der Waals surface area contributed by atoms with Crippen LogP contribution in [-0.4, -0.2) is 18.7 Å². The van der Waals surface area contributed by atoms with Gasteiger partial charge in [-0.3, -0.25) is 0 Å². The first kappa shape index (κ1) is 11.4. The van der Waals surface area contributed by atoms with Crippen molar-refractivity contribution >= 4 is 5.97 Å². The van der Waals surface area contributed by atoms with Crippen LogP contribution in [0.5, 0.6) is 0 Å². The van der Waals surface area contributed by atoms with E-state index in [4.69, 9.17) is 7.38 Å². The fourth-order valence-corrected chi connectivity index (χ4v) is 3.38. The summed E-state index contributed by atoms with van der Waals surface area (Å²) >= 11 is -1.32. The predicted molar refractivity (Wildman–Crippen MR) is 37.7 cm³/mol. The van der Waals surface area contributed by atoms with E-state index in [1.54, 1.807) is 0 Å². The van der Waals surface area contributed by atoms with Crippen molar-refractivity contribution in [3.63, 3.8) is 0 Å². The molecule has 0 aromatic heterocycles. The number of carbonyl (C=O) groups excluding carboxylic acids is 1. The Morgan fingerprint density at radius 1 is 1.55 bits per heavy atom. The Morgan fingerprint density at radius 2 is 2.18 bits per heavy atom. The van der Waals surface area contributed by atoms with E-state index >= 15 is 0 Å².